The Hall–Kier alpha value is -4.64. The molecule has 5 aliphatic carbocycles. The van der Waals surface area contributed by atoms with Crippen LogP contribution in [0.15, 0.2) is 55.0 Å². The van der Waals surface area contributed by atoms with E-state index in [0.717, 1.165) is 69.3 Å². The summed E-state index contributed by atoms with van der Waals surface area (Å²) in [7, 11) is 0. The van der Waals surface area contributed by atoms with Crippen LogP contribution >= 0.6 is 11.3 Å². The van der Waals surface area contributed by atoms with E-state index in [1.54, 1.807) is 17.5 Å². The number of rotatable bonds is 8. The third kappa shape index (κ3) is 4.57. The first kappa shape index (κ1) is 28.4. The highest BCUT2D eigenvalue weighted by molar-refractivity contribution is 7.22. The molecule has 5 aromatic heterocycles. The molecular formula is C37H36N8O2S. The Labute approximate surface area is 281 Å². The number of fused-ring (bicyclic) bond motifs is 2. The van der Waals surface area contributed by atoms with Crippen LogP contribution < -0.4 is 5.32 Å². The number of thiazole rings is 1. The molecule has 1 aromatic carbocycles. The molecule has 0 unspecified atom stereocenters. The molecule has 0 atom stereocenters. The normalized spacial score (nSPS) is 24.6. The smallest absolute Gasteiger partial charge is 0.340 e. The maximum absolute atomic E-state index is 12.9. The number of anilines is 2. The molecule has 0 amide bonds. The van der Waals surface area contributed by atoms with E-state index in [2.05, 4.69) is 44.2 Å². The van der Waals surface area contributed by atoms with E-state index in [4.69, 9.17) is 10.1 Å². The quantitative estimate of drug-likeness (QED) is 0.168. The summed E-state index contributed by atoms with van der Waals surface area (Å²) in [6, 6.07) is 12.0. The number of hydrogen-bond donors (Lipinski definition) is 2. The molecule has 11 rings (SSSR count). The molecule has 11 heteroatoms. The predicted molar refractivity (Wildman–Crippen MR) is 185 cm³/mol. The average molecular weight is 657 g/mol. The van der Waals surface area contributed by atoms with Crippen molar-refractivity contribution in [3.8, 4) is 22.5 Å². The van der Waals surface area contributed by atoms with Gasteiger partial charge in [-0.25, -0.2) is 14.8 Å². The average Bonchev–Trinajstić information content (AvgIpc) is 3.53. The fourth-order valence-corrected chi connectivity index (χ4v) is 10.6. The van der Waals surface area contributed by atoms with Crippen LogP contribution in [0.25, 0.3) is 38.4 Å². The first-order valence-corrected chi connectivity index (χ1v) is 18.0. The molecule has 4 bridgehead atoms. The first-order valence-electron chi connectivity index (χ1n) is 17.2. The minimum Gasteiger partial charge on any atom is -0.478 e. The van der Waals surface area contributed by atoms with Crippen molar-refractivity contribution >= 4 is 44.1 Å². The number of nitrogens with zero attached hydrogens (tertiary/aromatic N) is 7. The van der Waals surface area contributed by atoms with Crippen molar-refractivity contribution in [2.45, 2.75) is 70.8 Å². The molecule has 5 saturated carbocycles. The molecule has 5 fully saturated rings. The lowest BCUT2D eigenvalue weighted by Crippen LogP contribution is -2.48. The standard InChI is InChI=1S/C37H36N8O2S/c1-20-27(17-39-45(20)19-37-14-21-10-22(15-37)12-23(11-21)16-37)25-8-9-44-30(18-38-34(44)32(25)35(46)47)29-13-26(24-6-7-24)33(43-42-29)41-36-40-28-4-2-3-5-31(28)48-36/h2-5,8-9,13,17-18,21-24H,6-7,10-12,14-16,19H2,1H3,(H,46,47)(H,40,41,43). The Morgan fingerprint density at radius 3 is 2.52 bits per heavy atom. The SMILES string of the molecule is Cc1c(-c2ccn3c(-c4cc(C5CC5)c(Nc5nc6ccccc6s5)nn4)cnc3c2C(=O)O)cnn1CC12CC3CC(CC(C3)C1)C2. The summed E-state index contributed by atoms with van der Waals surface area (Å²) >= 11 is 1.59. The van der Waals surface area contributed by atoms with Gasteiger partial charge in [0, 0.05) is 35.1 Å². The molecule has 10 nitrogen and oxygen atoms in total. The first-order chi connectivity index (χ1) is 23.4. The summed E-state index contributed by atoms with van der Waals surface area (Å²) < 4.78 is 5.08. The molecule has 0 radical (unpaired) electrons. The lowest BCUT2D eigenvalue weighted by Gasteiger charge is -2.56. The zero-order chi connectivity index (χ0) is 32.1. The number of hydrogen-bond acceptors (Lipinski definition) is 8. The topological polar surface area (TPSA) is 123 Å². The van der Waals surface area contributed by atoms with Crippen molar-refractivity contribution in [3.63, 3.8) is 0 Å². The molecular weight excluding hydrogens is 621 g/mol. The van der Waals surface area contributed by atoms with Gasteiger partial charge < -0.3 is 10.4 Å². The van der Waals surface area contributed by atoms with Crippen molar-refractivity contribution in [3.05, 3.63) is 71.8 Å². The number of carboxylic acids is 1. The highest BCUT2D eigenvalue weighted by Gasteiger charge is 2.51. The third-order valence-electron chi connectivity index (χ3n) is 11.6. The Balaban J connectivity index is 0.986. The van der Waals surface area contributed by atoms with Gasteiger partial charge in [-0.05, 0) is 112 Å². The lowest BCUT2D eigenvalue weighted by atomic mass is 9.49. The van der Waals surface area contributed by atoms with Gasteiger partial charge in [-0.15, -0.1) is 10.2 Å². The minimum atomic E-state index is -1.01. The number of para-hydroxylation sites is 1. The summed E-state index contributed by atoms with van der Waals surface area (Å²) in [6.07, 6.45) is 15.8. The predicted octanol–water partition coefficient (Wildman–Crippen LogP) is 8.11. The molecule has 5 heterocycles. The van der Waals surface area contributed by atoms with Crippen LogP contribution in [-0.4, -0.2) is 45.4 Å². The van der Waals surface area contributed by atoms with Crippen molar-refractivity contribution in [2.24, 2.45) is 23.2 Å². The number of imidazole rings is 1. The van der Waals surface area contributed by atoms with Gasteiger partial charge in [0.1, 0.15) is 11.3 Å². The summed E-state index contributed by atoms with van der Waals surface area (Å²) in [4.78, 5) is 22.3. The molecule has 48 heavy (non-hydrogen) atoms. The van der Waals surface area contributed by atoms with E-state index in [1.165, 1.54) is 38.5 Å². The van der Waals surface area contributed by atoms with Gasteiger partial charge in [-0.1, -0.05) is 23.5 Å². The number of benzene rings is 1. The zero-order valence-electron chi connectivity index (χ0n) is 26.8. The fraction of sp³-hybridized carbons (Fsp3) is 0.405. The number of carboxylic acid groups (broad SMARTS) is 1. The third-order valence-corrected chi connectivity index (χ3v) is 12.5. The van der Waals surface area contributed by atoms with E-state index in [9.17, 15) is 9.90 Å². The molecule has 2 N–H and O–H groups in total. The number of aromatic carboxylic acids is 1. The van der Waals surface area contributed by atoms with Crippen molar-refractivity contribution in [1.82, 2.24) is 34.3 Å². The van der Waals surface area contributed by atoms with Crippen LogP contribution in [0.2, 0.25) is 0 Å². The number of pyridine rings is 1. The Bertz CT molecular complexity index is 2190. The van der Waals surface area contributed by atoms with Crippen molar-refractivity contribution in [1.29, 1.82) is 0 Å². The molecule has 0 aliphatic heterocycles. The van der Waals surface area contributed by atoms with Gasteiger partial charge in [-0.2, -0.15) is 5.10 Å². The van der Waals surface area contributed by atoms with E-state index in [-0.39, 0.29) is 5.56 Å². The van der Waals surface area contributed by atoms with Crippen LogP contribution in [0, 0.1) is 30.1 Å². The van der Waals surface area contributed by atoms with Crippen molar-refractivity contribution in [2.75, 3.05) is 5.32 Å². The largest absolute Gasteiger partial charge is 0.478 e. The lowest BCUT2D eigenvalue weighted by molar-refractivity contribution is -0.0638. The van der Waals surface area contributed by atoms with Crippen LogP contribution in [0.3, 0.4) is 0 Å². The second-order valence-electron chi connectivity index (χ2n) is 14.9. The monoisotopic (exact) mass is 656 g/mol. The maximum atomic E-state index is 12.9. The van der Waals surface area contributed by atoms with E-state index < -0.39 is 5.97 Å². The number of aromatic nitrogens is 7. The molecule has 6 aromatic rings. The Morgan fingerprint density at radius 2 is 1.79 bits per heavy atom. The highest BCUT2D eigenvalue weighted by atomic mass is 32.1. The highest BCUT2D eigenvalue weighted by Crippen LogP contribution is 2.60. The molecule has 0 saturated heterocycles. The molecule has 0 spiro atoms. The van der Waals surface area contributed by atoms with Gasteiger partial charge in [0.15, 0.2) is 16.6 Å². The summed E-state index contributed by atoms with van der Waals surface area (Å²) in [6.45, 7) is 3.00. The molecule has 5 aliphatic rings. The van der Waals surface area contributed by atoms with Crippen molar-refractivity contribution < 1.29 is 9.90 Å². The summed E-state index contributed by atoms with van der Waals surface area (Å²) in [5, 5.41) is 28.8. The zero-order valence-corrected chi connectivity index (χ0v) is 27.6. The number of nitrogens with one attached hydrogen (secondary N) is 1. The Kier molecular flexibility index (Phi) is 6.17. The van der Waals surface area contributed by atoms with E-state index >= 15 is 0 Å². The van der Waals surface area contributed by atoms with Crippen LogP contribution in [0.1, 0.15) is 78.9 Å². The second kappa shape index (κ2) is 10.4. The van der Waals surface area contributed by atoms with Gasteiger partial charge in [0.05, 0.1) is 28.3 Å². The minimum absolute atomic E-state index is 0.172. The van der Waals surface area contributed by atoms with Gasteiger partial charge in [0.2, 0.25) is 0 Å². The van der Waals surface area contributed by atoms with Gasteiger partial charge in [-0.3, -0.25) is 9.08 Å². The van der Waals surface area contributed by atoms with Crippen LogP contribution in [-0.2, 0) is 6.54 Å². The number of carbonyl (C=O) groups is 1. The van der Waals surface area contributed by atoms with Gasteiger partial charge in [0.25, 0.3) is 0 Å². The van der Waals surface area contributed by atoms with E-state index in [1.807, 2.05) is 41.1 Å². The van der Waals surface area contributed by atoms with Crippen LogP contribution in [0.4, 0.5) is 10.9 Å². The Morgan fingerprint density at radius 1 is 1.02 bits per heavy atom. The second-order valence-corrected chi connectivity index (χ2v) is 15.9. The van der Waals surface area contributed by atoms with Crippen LogP contribution in [0.5, 0.6) is 0 Å². The summed E-state index contributed by atoms with van der Waals surface area (Å²) in [5.74, 6) is 2.72. The summed E-state index contributed by atoms with van der Waals surface area (Å²) in [5.41, 5.74) is 6.79. The molecule has 242 valence electrons. The van der Waals surface area contributed by atoms with E-state index in [0.29, 0.717) is 39.7 Å². The van der Waals surface area contributed by atoms with Gasteiger partial charge >= 0.3 is 5.97 Å². The fourth-order valence-electron chi connectivity index (χ4n) is 9.71. The maximum Gasteiger partial charge on any atom is 0.340 e.